The maximum atomic E-state index is 3.14. The normalized spacial score (nSPS) is 8.89. The van der Waals surface area contributed by atoms with Crippen molar-refractivity contribution in [3.05, 3.63) is 0 Å². The molecule has 52 valence electrons. The summed E-state index contributed by atoms with van der Waals surface area (Å²) in [7, 11) is 4.04. The Labute approximate surface area is 57.2 Å². The lowest BCUT2D eigenvalue weighted by Crippen LogP contribution is -2.27. The fourth-order valence-corrected chi connectivity index (χ4v) is 0.430. The number of nitrogens with zero attached hydrogens (tertiary/aromatic N) is 1. The van der Waals surface area contributed by atoms with Gasteiger partial charge in [-0.1, -0.05) is 5.92 Å². The molecule has 0 spiro atoms. The summed E-state index contributed by atoms with van der Waals surface area (Å²) in [5.41, 5.74) is 0. The largest absolute Gasteiger partial charge is 0.297 e. The smallest absolute Gasteiger partial charge is 0.0586 e. The van der Waals surface area contributed by atoms with Crippen LogP contribution in [0, 0.1) is 11.8 Å². The highest BCUT2D eigenvalue weighted by molar-refractivity contribution is 4.96. The van der Waals surface area contributed by atoms with Gasteiger partial charge in [0.05, 0.1) is 6.54 Å². The molecule has 0 fully saturated rings. The van der Waals surface area contributed by atoms with Crippen LogP contribution >= 0.6 is 0 Å². The van der Waals surface area contributed by atoms with Crippen LogP contribution in [0.4, 0.5) is 0 Å². The van der Waals surface area contributed by atoms with Crippen LogP contribution in [-0.4, -0.2) is 32.2 Å². The van der Waals surface area contributed by atoms with E-state index < -0.39 is 0 Å². The Morgan fingerprint density at radius 1 is 1.44 bits per heavy atom. The molecule has 0 unspecified atom stereocenters. The van der Waals surface area contributed by atoms with Crippen LogP contribution in [-0.2, 0) is 0 Å². The Kier molecular flexibility index (Phi) is 5.29. The molecule has 0 amide bonds. The molecule has 2 nitrogen and oxygen atoms in total. The third-order valence-electron chi connectivity index (χ3n) is 0.818. The Balaban J connectivity index is 2.98. The van der Waals surface area contributed by atoms with Crippen LogP contribution in [0.3, 0.4) is 0 Å². The van der Waals surface area contributed by atoms with Crippen molar-refractivity contribution in [3.8, 4) is 11.8 Å². The van der Waals surface area contributed by atoms with Crippen LogP contribution in [0.2, 0.25) is 0 Å². The van der Waals surface area contributed by atoms with Gasteiger partial charge in [-0.2, -0.15) is 0 Å². The van der Waals surface area contributed by atoms with E-state index in [1.54, 1.807) is 0 Å². The summed E-state index contributed by atoms with van der Waals surface area (Å²) in [6.45, 7) is 3.53. The highest BCUT2D eigenvalue weighted by Crippen LogP contribution is 1.65. The monoisotopic (exact) mass is 126 g/mol. The van der Waals surface area contributed by atoms with E-state index >= 15 is 0 Å². The van der Waals surface area contributed by atoms with E-state index in [2.05, 4.69) is 22.1 Å². The van der Waals surface area contributed by atoms with E-state index in [1.165, 1.54) is 0 Å². The zero-order valence-corrected chi connectivity index (χ0v) is 6.36. The molecule has 0 radical (unpaired) electrons. The van der Waals surface area contributed by atoms with E-state index in [9.17, 15) is 0 Å². The van der Waals surface area contributed by atoms with E-state index in [-0.39, 0.29) is 0 Å². The molecule has 0 aliphatic rings. The lowest BCUT2D eigenvalue weighted by atomic mass is 10.6. The SMILES string of the molecule is CC#CCNCN(C)C. The topological polar surface area (TPSA) is 15.3 Å². The summed E-state index contributed by atoms with van der Waals surface area (Å²) >= 11 is 0. The number of hydrogen-bond donors (Lipinski definition) is 1. The van der Waals surface area contributed by atoms with Crippen molar-refractivity contribution in [1.29, 1.82) is 0 Å². The van der Waals surface area contributed by atoms with Gasteiger partial charge in [0.25, 0.3) is 0 Å². The highest BCUT2D eigenvalue weighted by atomic mass is 15.2. The Morgan fingerprint density at radius 3 is 2.56 bits per heavy atom. The fraction of sp³-hybridized carbons (Fsp3) is 0.714. The molecule has 0 aliphatic carbocycles. The van der Waals surface area contributed by atoms with Crippen molar-refractivity contribution in [2.75, 3.05) is 27.3 Å². The minimum Gasteiger partial charge on any atom is -0.297 e. The maximum absolute atomic E-state index is 3.14. The van der Waals surface area contributed by atoms with Gasteiger partial charge in [0.15, 0.2) is 0 Å². The molecule has 0 saturated heterocycles. The van der Waals surface area contributed by atoms with Crippen LogP contribution in [0.1, 0.15) is 6.92 Å². The first kappa shape index (κ1) is 8.48. The highest BCUT2D eigenvalue weighted by Gasteiger charge is 1.82. The second kappa shape index (κ2) is 5.61. The minimum absolute atomic E-state index is 0.786. The second-order valence-electron chi connectivity index (χ2n) is 2.09. The number of hydrogen-bond acceptors (Lipinski definition) is 2. The predicted octanol–water partition coefficient (Wildman–Crippen LogP) is 0.118. The maximum Gasteiger partial charge on any atom is 0.0586 e. The fourth-order valence-electron chi connectivity index (χ4n) is 0.430. The van der Waals surface area contributed by atoms with Crippen LogP contribution in [0.15, 0.2) is 0 Å². The van der Waals surface area contributed by atoms with Crippen molar-refractivity contribution < 1.29 is 0 Å². The molecule has 0 saturated carbocycles. The van der Waals surface area contributed by atoms with Crippen molar-refractivity contribution in [3.63, 3.8) is 0 Å². The van der Waals surface area contributed by atoms with Gasteiger partial charge in [0, 0.05) is 6.67 Å². The van der Waals surface area contributed by atoms with Crippen LogP contribution in [0.25, 0.3) is 0 Å². The Hall–Kier alpha value is -0.520. The van der Waals surface area contributed by atoms with Crippen molar-refractivity contribution in [1.82, 2.24) is 10.2 Å². The lowest BCUT2D eigenvalue weighted by molar-refractivity contribution is 0.379. The average molecular weight is 126 g/mol. The molecular weight excluding hydrogens is 112 g/mol. The van der Waals surface area contributed by atoms with Gasteiger partial charge in [-0.3, -0.25) is 10.2 Å². The molecule has 1 N–H and O–H groups in total. The van der Waals surface area contributed by atoms with Gasteiger partial charge in [-0.15, -0.1) is 5.92 Å². The van der Waals surface area contributed by atoms with E-state index in [4.69, 9.17) is 0 Å². The minimum atomic E-state index is 0.786. The zero-order chi connectivity index (χ0) is 7.11. The number of rotatable bonds is 3. The lowest BCUT2D eigenvalue weighted by Gasteiger charge is -2.07. The van der Waals surface area contributed by atoms with E-state index in [1.807, 2.05) is 21.0 Å². The summed E-state index contributed by atoms with van der Waals surface area (Å²) in [6, 6.07) is 0. The summed E-state index contributed by atoms with van der Waals surface area (Å²) in [5, 5.41) is 3.14. The molecule has 0 atom stereocenters. The summed E-state index contributed by atoms with van der Waals surface area (Å²) in [5.74, 6) is 5.73. The zero-order valence-electron chi connectivity index (χ0n) is 6.36. The van der Waals surface area contributed by atoms with E-state index in [0.29, 0.717) is 0 Å². The molecule has 0 aliphatic heterocycles. The first-order valence-corrected chi connectivity index (χ1v) is 3.02. The molecule has 0 heterocycles. The Bertz CT molecular complexity index is 108. The van der Waals surface area contributed by atoms with Gasteiger partial charge < -0.3 is 0 Å². The Morgan fingerprint density at radius 2 is 2.11 bits per heavy atom. The molecule has 0 aromatic rings. The molecule has 0 bridgehead atoms. The van der Waals surface area contributed by atoms with Crippen molar-refractivity contribution in [2.45, 2.75) is 6.92 Å². The quantitative estimate of drug-likeness (QED) is 0.328. The number of nitrogens with one attached hydrogen (secondary N) is 1. The van der Waals surface area contributed by atoms with Crippen molar-refractivity contribution >= 4 is 0 Å². The molecule has 0 aromatic heterocycles. The first-order chi connectivity index (χ1) is 4.27. The summed E-state index contributed by atoms with van der Waals surface area (Å²) < 4.78 is 0. The molecular formula is C7H14N2. The predicted molar refractivity (Wildman–Crippen MR) is 40.0 cm³/mol. The van der Waals surface area contributed by atoms with E-state index in [0.717, 1.165) is 13.2 Å². The second-order valence-corrected chi connectivity index (χ2v) is 2.09. The third kappa shape index (κ3) is 7.48. The first-order valence-electron chi connectivity index (χ1n) is 3.02. The van der Waals surface area contributed by atoms with Gasteiger partial charge in [-0.25, -0.2) is 0 Å². The molecule has 0 rings (SSSR count). The van der Waals surface area contributed by atoms with Crippen LogP contribution in [0.5, 0.6) is 0 Å². The standard InChI is InChI=1S/C7H14N2/c1-4-5-6-8-7-9(2)3/h8H,6-7H2,1-3H3. The van der Waals surface area contributed by atoms with Gasteiger partial charge in [0.2, 0.25) is 0 Å². The summed E-state index contributed by atoms with van der Waals surface area (Å²) in [6.07, 6.45) is 0. The third-order valence-corrected chi connectivity index (χ3v) is 0.818. The van der Waals surface area contributed by atoms with Crippen molar-refractivity contribution in [2.24, 2.45) is 0 Å². The van der Waals surface area contributed by atoms with Gasteiger partial charge >= 0.3 is 0 Å². The molecule has 9 heavy (non-hydrogen) atoms. The van der Waals surface area contributed by atoms with Gasteiger partial charge in [0.1, 0.15) is 0 Å². The molecule has 2 heteroatoms. The van der Waals surface area contributed by atoms with Gasteiger partial charge in [-0.05, 0) is 21.0 Å². The molecule has 0 aromatic carbocycles. The average Bonchev–Trinajstić information content (AvgIpc) is 1.80. The van der Waals surface area contributed by atoms with Crippen LogP contribution < -0.4 is 5.32 Å². The summed E-state index contributed by atoms with van der Waals surface area (Å²) in [4.78, 5) is 2.07.